The molecule has 2 N–H and O–H groups in total. The number of amides is 2. The average Bonchev–Trinajstić information content (AvgIpc) is 2.89. The van der Waals surface area contributed by atoms with Crippen molar-refractivity contribution >= 4 is 35.0 Å². The molecule has 1 atom stereocenters. The van der Waals surface area contributed by atoms with E-state index < -0.39 is 23.3 Å². The van der Waals surface area contributed by atoms with Crippen LogP contribution in [0.25, 0.3) is 0 Å². The second kappa shape index (κ2) is 11.8. The van der Waals surface area contributed by atoms with Crippen molar-refractivity contribution in [1.82, 2.24) is 4.90 Å². The number of fused-ring (bicyclic) bond motifs is 1. The number of ether oxygens (including phenoxy) is 2. The first-order chi connectivity index (χ1) is 18.8. The molecule has 0 aliphatic carbocycles. The Morgan fingerprint density at radius 2 is 1.77 bits per heavy atom. The molecule has 2 aromatic rings. The first-order valence-corrected chi connectivity index (χ1v) is 14.3. The first kappa shape index (κ1) is 29.9. The summed E-state index contributed by atoms with van der Waals surface area (Å²) in [5.41, 5.74) is 7.68. The fraction of sp³-hybridized carbons (Fsp3) is 0.533. The van der Waals surface area contributed by atoms with Crippen molar-refractivity contribution in [2.45, 2.75) is 71.1 Å². The number of anilines is 2. The van der Waals surface area contributed by atoms with Crippen LogP contribution in [0.3, 0.4) is 0 Å². The molecule has 2 heterocycles. The molecular weight excluding hydrogens is 535 g/mol. The van der Waals surface area contributed by atoms with Crippen LogP contribution in [0.15, 0.2) is 36.4 Å². The van der Waals surface area contributed by atoms with Crippen LogP contribution in [0.4, 0.5) is 20.6 Å². The second-order valence-corrected chi connectivity index (χ2v) is 12.0. The van der Waals surface area contributed by atoms with E-state index in [2.05, 4.69) is 4.90 Å². The lowest BCUT2D eigenvalue weighted by molar-refractivity contribution is -0.140. The van der Waals surface area contributed by atoms with Gasteiger partial charge in [0, 0.05) is 37.8 Å². The highest BCUT2D eigenvalue weighted by Crippen LogP contribution is 2.42. The number of nitrogens with two attached hydrogens (primary N) is 1. The number of carbonyl (C=O) groups excluding carboxylic acids is 2. The zero-order valence-corrected chi connectivity index (χ0v) is 24.8. The van der Waals surface area contributed by atoms with Crippen molar-refractivity contribution in [2.75, 3.05) is 42.5 Å². The lowest BCUT2D eigenvalue weighted by Crippen LogP contribution is -2.57. The average molecular weight is 575 g/mol. The van der Waals surface area contributed by atoms with Gasteiger partial charge in [0.25, 0.3) is 5.91 Å². The van der Waals surface area contributed by atoms with Crippen molar-refractivity contribution < 1.29 is 23.5 Å². The van der Waals surface area contributed by atoms with Gasteiger partial charge in [0.2, 0.25) is 0 Å². The molecule has 4 rings (SSSR count). The van der Waals surface area contributed by atoms with E-state index in [4.69, 9.17) is 26.8 Å². The van der Waals surface area contributed by atoms with Crippen LogP contribution in [0.2, 0.25) is 5.02 Å². The standard InChI is InChI=1S/C30H40ClFN4O4/c1-6-34(7-2)23-17-25-24(16-22(23)31)36(28(38)40-29(3,4)5)19-26(39-25)27(37)35-14-12-30(33,13-15-35)18-20-8-10-21(32)11-9-20/h8-11,16-17,26H,6-7,12-15,18-19,33H2,1-5H3. The topological polar surface area (TPSA) is 88.3 Å². The fourth-order valence-electron chi connectivity index (χ4n) is 5.28. The second-order valence-electron chi connectivity index (χ2n) is 11.6. The van der Waals surface area contributed by atoms with Gasteiger partial charge in [-0.15, -0.1) is 0 Å². The number of hydrogen-bond donors (Lipinski definition) is 1. The Balaban J connectivity index is 1.54. The highest BCUT2D eigenvalue weighted by atomic mass is 35.5. The van der Waals surface area contributed by atoms with Crippen molar-refractivity contribution in [1.29, 1.82) is 0 Å². The third-order valence-corrected chi connectivity index (χ3v) is 7.77. The third-order valence-electron chi connectivity index (χ3n) is 7.47. The predicted molar refractivity (Wildman–Crippen MR) is 156 cm³/mol. The van der Waals surface area contributed by atoms with E-state index in [-0.39, 0.29) is 18.3 Å². The number of halogens is 2. The van der Waals surface area contributed by atoms with Crippen molar-refractivity contribution in [3.8, 4) is 5.75 Å². The molecule has 0 bridgehead atoms. The van der Waals surface area contributed by atoms with Gasteiger partial charge < -0.3 is 25.0 Å². The molecule has 2 aliphatic heterocycles. The Kier molecular flexibility index (Phi) is 8.85. The molecule has 0 saturated carbocycles. The molecule has 0 spiro atoms. The zero-order chi connectivity index (χ0) is 29.2. The van der Waals surface area contributed by atoms with E-state index >= 15 is 0 Å². The Morgan fingerprint density at radius 3 is 2.35 bits per heavy atom. The van der Waals surface area contributed by atoms with Crippen LogP contribution in [0.1, 0.15) is 53.0 Å². The summed E-state index contributed by atoms with van der Waals surface area (Å²) in [4.78, 5) is 32.3. The van der Waals surface area contributed by atoms with Crippen molar-refractivity contribution in [3.63, 3.8) is 0 Å². The van der Waals surface area contributed by atoms with E-state index in [9.17, 15) is 14.0 Å². The summed E-state index contributed by atoms with van der Waals surface area (Å²) >= 11 is 6.65. The van der Waals surface area contributed by atoms with Gasteiger partial charge >= 0.3 is 6.09 Å². The molecular formula is C30H40ClFN4O4. The first-order valence-electron chi connectivity index (χ1n) is 13.9. The van der Waals surface area contributed by atoms with Gasteiger partial charge in [-0.1, -0.05) is 23.7 Å². The number of likely N-dealkylation sites (tertiary alicyclic amines) is 1. The van der Waals surface area contributed by atoms with Crippen LogP contribution in [-0.2, 0) is 16.0 Å². The van der Waals surface area contributed by atoms with E-state index in [1.54, 1.807) is 49.9 Å². The van der Waals surface area contributed by atoms with Gasteiger partial charge in [0.1, 0.15) is 17.2 Å². The predicted octanol–water partition coefficient (Wildman–Crippen LogP) is 5.39. The summed E-state index contributed by atoms with van der Waals surface area (Å²) in [7, 11) is 0. The molecule has 1 unspecified atom stereocenters. The van der Waals surface area contributed by atoms with Crippen LogP contribution < -0.4 is 20.3 Å². The molecule has 10 heteroatoms. The molecule has 0 aromatic heterocycles. The number of hydrogen-bond acceptors (Lipinski definition) is 6. The van der Waals surface area contributed by atoms with Gasteiger partial charge in [-0.05, 0) is 77.6 Å². The molecule has 2 aliphatic rings. The smallest absolute Gasteiger partial charge is 0.415 e. The van der Waals surface area contributed by atoms with E-state index in [1.807, 2.05) is 13.8 Å². The SMILES string of the molecule is CCN(CC)c1cc2c(cc1Cl)N(C(=O)OC(C)(C)C)CC(C(=O)N1CCC(N)(Cc3ccc(F)cc3)CC1)O2. The van der Waals surface area contributed by atoms with Gasteiger partial charge in [-0.2, -0.15) is 0 Å². The quantitative estimate of drug-likeness (QED) is 0.498. The minimum absolute atomic E-state index is 0.00153. The van der Waals surface area contributed by atoms with Gasteiger partial charge in [-0.3, -0.25) is 9.69 Å². The van der Waals surface area contributed by atoms with E-state index in [1.165, 1.54) is 17.0 Å². The molecule has 2 amide bonds. The Labute approximate surface area is 241 Å². The van der Waals surface area contributed by atoms with Gasteiger partial charge in [0.15, 0.2) is 6.10 Å². The minimum atomic E-state index is -0.909. The van der Waals surface area contributed by atoms with E-state index in [0.717, 1.165) is 24.3 Å². The Hall–Kier alpha value is -3.04. The van der Waals surface area contributed by atoms with Crippen LogP contribution in [-0.4, -0.2) is 66.9 Å². The summed E-state index contributed by atoms with van der Waals surface area (Å²) in [6, 6.07) is 9.87. The fourth-order valence-corrected chi connectivity index (χ4v) is 5.56. The van der Waals surface area contributed by atoms with Crippen LogP contribution in [0.5, 0.6) is 5.75 Å². The number of benzene rings is 2. The van der Waals surface area contributed by atoms with Gasteiger partial charge in [0.05, 0.1) is 22.9 Å². The summed E-state index contributed by atoms with van der Waals surface area (Å²) in [5, 5.41) is 0.487. The normalized spacial score (nSPS) is 18.6. The van der Waals surface area contributed by atoms with Crippen LogP contribution in [0, 0.1) is 5.82 Å². The molecule has 218 valence electrons. The summed E-state index contributed by atoms with van der Waals surface area (Å²) in [6.07, 6.45) is 0.311. The largest absolute Gasteiger partial charge is 0.476 e. The Bertz CT molecular complexity index is 1220. The minimum Gasteiger partial charge on any atom is -0.476 e. The molecule has 8 nitrogen and oxygen atoms in total. The number of rotatable bonds is 6. The maximum Gasteiger partial charge on any atom is 0.415 e. The van der Waals surface area contributed by atoms with E-state index in [0.29, 0.717) is 48.8 Å². The summed E-state index contributed by atoms with van der Waals surface area (Å²) in [6.45, 7) is 11.8. The van der Waals surface area contributed by atoms with Crippen molar-refractivity contribution in [3.05, 3.63) is 52.8 Å². The molecule has 40 heavy (non-hydrogen) atoms. The lowest BCUT2D eigenvalue weighted by atomic mass is 9.82. The molecule has 0 radical (unpaired) electrons. The zero-order valence-electron chi connectivity index (χ0n) is 24.0. The highest BCUT2D eigenvalue weighted by Gasteiger charge is 2.41. The lowest BCUT2D eigenvalue weighted by Gasteiger charge is -2.42. The maximum atomic E-state index is 13.7. The maximum absolute atomic E-state index is 13.7. The summed E-state index contributed by atoms with van der Waals surface area (Å²) < 4.78 is 25.2. The molecule has 1 fully saturated rings. The molecule has 2 aromatic carbocycles. The van der Waals surface area contributed by atoms with Gasteiger partial charge in [-0.25, -0.2) is 9.18 Å². The number of nitrogens with zero attached hydrogens (tertiary/aromatic N) is 3. The number of carbonyl (C=O) groups is 2. The Morgan fingerprint density at radius 1 is 1.15 bits per heavy atom. The van der Waals surface area contributed by atoms with Crippen molar-refractivity contribution in [2.24, 2.45) is 5.73 Å². The van der Waals surface area contributed by atoms with Crippen LogP contribution >= 0.6 is 11.6 Å². The summed E-state index contributed by atoms with van der Waals surface area (Å²) in [5.74, 6) is -0.0816. The third kappa shape index (κ3) is 6.81. The highest BCUT2D eigenvalue weighted by molar-refractivity contribution is 6.33. The monoisotopic (exact) mass is 574 g/mol. The number of piperidine rings is 1. The molecule has 1 saturated heterocycles.